The summed E-state index contributed by atoms with van der Waals surface area (Å²) in [6.45, 7) is 5.78. The molecule has 2 rings (SSSR count). The summed E-state index contributed by atoms with van der Waals surface area (Å²) in [5.41, 5.74) is 2.12. The SMILES string of the molecule is CCC(O)c1ccc(N(CC)Cc2ccco2)cc1. The summed E-state index contributed by atoms with van der Waals surface area (Å²) < 4.78 is 5.38. The van der Waals surface area contributed by atoms with E-state index >= 15 is 0 Å². The molecule has 1 aromatic carbocycles. The summed E-state index contributed by atoms with van der Waals surface area (Å²) in [7, 11) is 0. The van der Waals surface area contributed by atoms with Gasteiger partial charge in [0, 0.05) is 12.2 Å². The highest BCUT2D eigenvalue weighted by Gasteiger charge is 2.09. The van der Waals surface area contributed by atoms with E-state index in [1.54, 1.807) is 6.26 Å². The molecule has 102 valence electrons. The number of furan rings is 1. The van der Waals surface area contributed by atoms with Crippen molar-refractivity contribution < 1.29 is 9.52 Å². The van der Waals surface area contributed by atoms with Crippen molar-refractivity contribution in [2.24, 2.45) is 0 Å². The van der Waals surface area contributed by atoms with Gasteiger partial charge >= 0.3 is 0 Å². The van der Waals surface area contributed by atoms with Gasteiger partial charge in [-0.3, -0.25) is 0 Å². The highest BCUT2D eigenvalue weighted by Crippen LogP contribution is 2.22. The number of hydrogen-bond acceptors (Lipinski definition) is 3. The lowest BCUT2D eigenvalue weighted by atomic mass is 10.1. The molecule has 3 heteroatoms. The standard InChI is InChI=1S/C16H21NO2/c1-3-16(18)13-7-9-14(10-8-13)17(4-2)12-15-6-5-11-19-15/h5-11,16,18H,3-4,12H2,1-2H3. The number of benzene rings is 1. The third kappa shape index (κ3) is 3.38. The second-order valence-electron chi connectivity index (χ2n) is 4.61. The van der Waals surface area contributed by atoms with E-state index in [2.05, 4.69) is 24.0 Å². The zero-order valence-electron chi connectivity index (χ0n) is 11.5. The van der Waals surface area contributed by atoms with Crippen molar-refractivity contribution in [3.8, 4) is 0 Å². The maximum Gasteiger partial charge on any atom is 0.123 e. The predicted molar refractivity (Wildman–Crippen MR) is 77.1 cm³/mol. The normalized spacial score (nSPS) is 12.4. The van der Waals surface area contributed by atoms with Gasteiger partial charge in [-0.1, -0.05) is 19.1 Å². The Morgan fingerprint density at radius 3 is 2.42 bits per heavy atom. The lowest BCUT2D eigenvalue weighted by Crippen LogP contribution is -2.21. The van der Waals surface area contributed by atoms with Gasteiger partial charge in [-0.15, -0.1) is 0 Å². The Hall–Kier alpha value is -1.74. The molecule has 0 spiro atoms. The Morgan fingerprint density at radius 2 is 1.89 bits per heavy atom. The number of anilines is 1. The van der Waals surface area contributed by atoms with Crippen molar-refractivity contribution >= 4 is 5.69 Å². The van der Waals surface area contributed by atoms with Crippen LogP contribution in [0.15, 0.2) is 47.1 Å². The van der Waals surface area contributed by atoms with Gasteiger partial charge in [0.15, 0.2) is 0 Å². The van der Waals surface area contributed by atoms with Gasteiger partial charge in [-0.2, -0.15) is 0 Å². The first-order chi connectivity index (χ1) is 9.24. The van der Waals surface area contributed by atoms with E-state index in [0.717, 1.165) is 36.5 Å². The predicted octanol–water partition coefficient (Wildman–Crippen LogP) is 3.75. The van der Waals surface area contributed by atoms with Crippen molar-refractivity contribution in [1.29, 1.82) is 0 Å². The van der Waals surface area contributed by atoms with Crippen LogP contribution < -0.4 is 4.90 Å². The summed E-state index contributed by atoms with van der Waals surface area (Å²) in [4.78, 5) is 2.24. The van der Waals surface area contributed by atoms with Crippen LogP contribution in [0.5, 0.6) is 0 Å². The highest BCUT2D eigenvalue weighted by atomic mass is 16.3. The van der Waals surface area contributed by atoms with Crippen LogP contribution in [-0.2, 0) is 6.54 Å². The van der Waals surface area contributed by atoms with Gasteiger partial charge in [0.2, 0.25) is 0 Å². The van der Waals surface area contributed by atoms with Crippen molar-refractivity contribution in [2.75, 3.05) is 11.4 Å². The van der Waals surface area contributed by atoms with Crippen LogP contribution in [0.3, 0.4) is 0 Å². The molecule has 0 aliphatic carbocycles. The largest absolute Gasteiger partial charge is 0.467 e. The molecule has 1 N–H and O–H groups in total. The third-order valence-corrected chi connectivity index (χ3v) is 3.34. The van der Waals surface area contributed by atoms with Crippen molar-refractivity contribution in [3.05, 3.63) is 54.0 Å². The van der Waals surface area contributed by atoms with E-state index in [1.165, 1.54) is 0 Å². The Balaban J connectivity index is 2.10. The molecule has 3 nitrogen and oxygen atoms in total. The number of rotatable bonds is 6. The number of aliphatic hydroxyl groups is 1. The minimum absolute atomic E-state index is 0.366. The van der Waals surface area contributed by atoms with Crippen LogP contribution in [0, 0.1) is 0 Å². The fourth-order valence-electron chi connectivity index (χ4n) is 2.12. The Bertz CT molecular complexity index is 476. The molecule has 1 aromatic heterocycles. The minimum Gasteiger partial charge on any atom is -0.467 e. The smallest absolute Gasteiger partial charge is 0.123 e. The number of aliphatic hydroxyl groups excluding tert-OH is 1. The molecule has 0 fully saturated rings. The zero-order chi connectivity index (χ0) is 13.7. The molecule has 0 aliphatic rings. The fourth-order valence-corrected chi connectivity index (χ4v) is 2.12. The van der Waals surface area contributed by atoms with E-state index in [4.69, 9.17) is 4.42 Å². The lowest BCUT2D eigenvalue weighted by Gasteiger charge is -2.22. The molecule has 1 unspecified atom stereocenters. The molecule has 0 saturated heterocycles. The molecule has 2 aromatic rings. The molecule has 0 saturated carbocycles. The van der Waals surface area contributed by atoms with Crippen LogP contribution in [0.4, 0.5) is 5.69 Å². The topological polar surface area (TPSA) is 36.6 Å². The molecule has 0 bridgehead atoms. The van der Waals surface area contributed by atoms with E-state index in [0.29, 0.717) is 0 Å². The van der Waals surface area contributed by atoms with Crippen LogP contribution in [-0.4, -0.2) is 11.7 Å². The van der Waals surface area contributed by atoms with Crippen LogP contribution in [0.2, 0.25) is 0 Å². The second-order valence-corrected chi connectivity index (χ2v) is 4.61. The first-order valence-corrected chi connectivity index (χ1v) is 6.80. The van der Waals surface area contributed by atoms with Gasteiger partial charge in [-0.25, -0.2) is 0 Å². The van der Waals surface area contributed by atoms with Gasteiger partial charge in [0.05, 0.1) is 18.9 Å². The third-order valence-electron chi connectivity index (χ3n) is 3.34. The van der Waals surface area contributed by atoms with Crippen molar-refractivity contribution in [2.45, 2.75) is 32.9 Å². The second kappa shape index (κ2) is 6.43. The van der Waals surface area contributed by atoms with Gasteiger partial charge in [-0.05, 0) is 43.2 Å². The quantitative estimate of drug-likeness (QED) is 0.858. The Morgan fingerprint density at radius 1 is 1.16 bits per heavy atom. The van der Waals surface area contributed by atoms with Gasteiger partial charge in [0.1, 0.15) is 5.76 Å². The van der Waals surface area contributed by atoms with E-state index < -0.39 is 0 Å². The molecular formula is C16H21NO2. The van der Waals surface area contributed by atoms with Crippen molar-refractivity contribution in [1.82, 2.24) is 0 Å². The maximum absolute atomic E-state index is 9.79. The number of hydrogen-bond donors (Lipinski definition) is 1. The summed E-state index contributed by atoms with van der Waals surface area (Å²) >= 11 is 0. The minimum atomic E-state index is -0.366. The number of nitrogens with zero attached hydrogens (tertiary/aromatic N) is 1. The molecule has 1 atom stereocenters. The molecule has 1 heterocycles. The fraction of sp³-hybridized carbons (Fsp3) is 0.375. The molecule has 0 radical (unpaired) electrons. The molecule has 0 amide bonds. The van der Waals surface area contributed by atoms with Crippen LogP contribution in [0.25, 0.3) is 0 Å². The van der Waals surface area contributed by atoms with E-state index in [-0.39, 0.29) is 6.10 Å². The summed E-state index contributed by atoms with van der Waals surface area (Å²) in [5, 5.41) is 9.79. The average molecular weight is 259 g/mol. The Labute approximate surface area is 114 Å². The summed E-state index contributed by atoms with van der Waals surface area (Å²) in [5.74, 6) is 0.958. The van der Waals surface area contributed by atoms with E-state index in [9.17, 15) is 5.11 Å². The van der Waals surface area contributed by atoms with Crippen molar-refractivity contribution in [3.63, 3.8) is 0 Å². The van der Waals surface area contributed by atoms with Crippen LogP contribution >= 0.6 is 0 Å². The first kappa shape index (κ1) is 13.7. The first-order valence-electron chi connectivity index (χ1n) is 6.80. The summed E-state index contributed by atoms with van der Waals surface area (Å²) in [6.07, 6.45) is 2.07. The lowest BCUT2D eigenvalue weighted by molar-refractivity contribution is 0.173. The van der Waals surface area contributed by atoms with Gasteiger partial charge in [0.25, 0.3) is 0 Å². The maximum atomic E-state index is 9.79. The Kier molecular flexibility index (Phi) is 4.63. The van der Waals surface area contributed by atoms with Gasteiger partial charge < -0.3 is 14.4 Å². The molecule has 19 heavy (non-hydrogen) atoms. The van der Waals surface area contributed by atoms with Crippen LogP contribution in [0.1, 0.15) is 37.7 Å². The zero-order valence-corrected chi connectivity index (χ0v) is 11.5. The molecule has 0 aliphatic heterocycles. The van der Waals surface area contributed by atoms with E-state index in [1.807, 2.05) is 31.2 Å². The molecular weight excluding hydrogens is 238 g/mol. The monoisotopic (exact) mass is 259 g/mol. The average Bonchev–Trinajstić information content (AvgIpc) is 2.97. The highest BCUT2D eigenvalue weighted by molar-refractivity contribution is 5.48. The summed E-state index contributed by atoms with van der Waals surface area (Å²) in [6, 6.07) is 12.0.